The first-order chi connectivity index (χ1) is 15.4. The van der Waals surface area contributed by atoms with E-state index < -0.39 is 4.92 Å². The number of amides is 3. The largest absolute Gasteiger partial charge is 0.335 e. The smallest absolute Gasteiger partial charge is 0.320 e. The first kappa shape index (κ1) is 22.5. The summed E-state index contributed by atoms with van der Waals surface area (Å²) in [4.78, 5) is 47.0. The number of hydrogen-bond acceptors (Lipinski definition) is 7. The molecule has 0 radical (unpaired) electrons. The molecule has 2 saturated heterocycles. The molecule has 11 heteroatoms. The molecule has 1 aromatic carbocycles. The minimum atomic E-state index is -0.463. The topological polar surface area (TPSA) is 99.9 Å². The maximum atomic E-state index is 13.0. The van der Waals surface area contributed by atoms with E-state index in [4.69, 9.17) is 0 Å². The second kappa shape index (κ2) is 9.86. The van der Waals surface area contributed by atoms with Crippen molar-refractivity contribution < 1.29 is 14.5 Å². The van der Waals surface area contributed by atoms with Crippen LogP contribution >= 0.6 is 23.1 Å². The number of nitro groups is 1. The fourth-order valence-electron chi connectivity index (χ4n) is 3.92. The zero-order valence-corrected chi connectivity index (χ0v) is 19.5. The first-order valence-electron chi connectivity index (χ1n) is 10.6. The number of likely N-dealkylation sites (tertiary alicyclic amines) is 1. The second-order valence-corrected chi connectivity index (χ2v) is 10.1. The fraction of sp³-hybridized carbons (Fsp3) is 0.476. The van der Waals surface area contributed by atoms with E-state index in [0.29, 0.717) is 31.1 Å². The number of piperidine rings is 1. The minimum Gasteiger partial charge on any atom is -0.335 e. The Labute approximate surface area is 194 Å². The summed E-state index contributed by atoms with van der Waals surface area (Å²) in [6.45, 7) is 5.25. The zero-order valence-electron chi connectivity index (χ0n) is 17.9. The number of aryl methyl sites for hydroxylation is 1. The van der Waals surface area contributed by atoms with Crippen LogP contribution in [0.4, 0.5) is 10.5 Å². The summed E-state index contributed by atoms with van der Waals surface area (Å²) in [5, 5.41) is 13.5. The third kappa shape index (κ3) is 5.04. The molecule has 32 heavy (non-hydrogen) atoms. The van der Waals surface area contributed by atoms with Crippen LogP contribution in [-0.2, 0) is 0 Å². The highest BCUT2D eigenvalue weighted by Gasteiger charge is 2.29. The van der Waals surface area contributed by atoms with E-state index in [0.717, 1.165) is 36.0 Å². The molecule has 3 amide bonds. The van der Waals surface area contributed by atoms with E-state index in [2.05, 4.69) is 4.98 Å². The number of nitro benzene ring substituents is 1. The zero-order chi connectivity index (χ0) is 22.7. The molecular formula is C21H25N5O4S2. The van der Waals surface area contributed by atoms with Gasteiger partial charge in [0.25, 0.3) is 11.6 Å². The van der Waals surface area contributed by atoms with Gasteiger partial charge in [-0.25, -0.2) is 9.78 Å². The van der Waals surface area contributed by atoms with Crippen molar-refractivity contribution in [3.05, 3.63) is 45.0 Å². The Bertz CT molecular complexity index is 1010. The molecule has 170 valence electrons. The lowest BCUT2D eigenvalue weighted by atomic mass is 10.1. The molecule has 2 fully saturated rings. The molecule has 0 aliphatic carbocycles. The lowest BCUT2D eigenvalue weighted by Gasteiger charge is -2.38. The summed E-state index contributed by atoms with van der Waals surface area (Å²) in [7, 11) is 0. The van der Waals surface area contributed by atoms with Crippen LogP contribution in [0.15, 0.2) is 32.8 Å². The van der Waals surface area contributed by atoms with Crippen LogP contribution in [-0.4, -0.2) is 75.8 Å². The summed E-state index contributed by atoms with van der Waals surface area (Å²) >= 11 is 2.66. The first-order valence-corrected chi connectivity index (χ1v) is 12.3. The highest BCUT2D eigenvalue weighted by atomic mass is 32.2. The minimum absolute atomic E-state index is 0.0474. The maximum absolute atomic E-state index is 13.0. The normalized spacial score (nSPS) is 16.8. The van der Waals surface area contributed by atoms with Crippen molar-refractivity contribution in [2.75, 3.05) is 39.3 Å². The molecule has 0 atom stereocenters. The van der Waals surface area contributed by atoms with Crippen LogP contribution < -0.4 is 0 Å². The molecule has 0 N–H and O–H groups in total. The highest BCUT2D eigenvalue weighted by molar-refractivity contribution is 8.01. The molecular weight excluding hydrogens is 450 g/mol. The molecule has 9 nitrogen and oxygen atoms in total. The molecule has 0 spiro atoms. The van der Waals surface area contributed by atoms with Crippen molar-refractivity contribution in [1.29, 1.82) is 0 Å². The molecule has 2 aliphatic rings. The number of aromatic nitrogens is 1. The van der Waals surface area contributed by atoms with Crippen LogP contribution in [0.3, 0.4) is 0 Å². The fourth-order valence-corrected chi connectivity index (χ4v) is 5.80. The van der Waals surface area contributed by atoms with Crippen molar-refractivity contribution in [1.82, 2.24) is 19.7 Å². The molecule has 0 bridgehead atoms. The molecule has 2 aliphatic heterocycles. The lowest BCUT2D eigenvalue weighted by Crippen LogP contribution is -2.54. The number of carbonyl (C=O) groups is 2. The third-order valence-electron chi connectivity index (χ3n) is 5.66. The number of rotatable bonds is 4. The van der Waals surface area contributed by atoms with Gasteiger partial charge in [-0.15, -0.1) is 11.3 Å². The number of nitrogens with zero attached hydrogens (tertiary/aromatic N) is 5. The summed E-state index contributed by atoms with van der Waals surface area (Å²) in [5.41, 5.74) is 1.05. The van der Waals surface area contributed by atoms with E-state index in [1.54, 1.807) is 21.9 Å². The average Bonchev–Trinajstić information content (AvgIpc) is 3.23. The van der Waals surface area contributed by atoms with Gasteiger partial charge in [0.15, 0.2) is 4.34 Å². The summed E-state index contributed by atoms with van der Waals surface area (Å²) in [6, 6.07) is 4.63. The molecule has 0 saturated carbocycles. The van der Waals surface area contributed by atoms with Crippen LogP contribution in [0.5, 0.6) is 0 Å². The molecule has 4 rings (SSSR count). The lowest BCUT2D eigenvalue weighted by molar-refractivity contribution is -0.387. The Hall–Kier alpha value is -2.66. The molecule has 0 unspecified atom stereocenters. The molecule has 3 heterocycles. The number of hydrogen-bond donors (Lipinski definition) is 0. The van der Waals surface area contributed by atoms with E-state index >= 15 is 0 Å². The van der Waals surface area contributed by atoms with Gasteiger partial charge in [0.1, 0.15) is 0 Å². The van der Waals surface area contributed by atoms with Gasteiger partial charge < -0.3 is 14.7 Å². The van der Waals surface area contributed by atoms with Crippen LogP contribution in [0.2, 0.25) is 0 Å². The Morgan fingerprint density at radius 3 is 2.31 bits per heavy atom. The Morgan fingerprint density at radius 2 is 1.69 bits per heavy atom. The van der Waals surface area contributed by atoms with Gasteiger partial charge in [-0.2, -0.15) is 0 Å². The predicted octanol–water partition coefficient (Wildman–Crippen LogP) is 3.87. The van der Waals surface area contributed by atoms with Gasteiger partial charge in [0.05, 0.1) is 9.82 Å². The van der Waals surface area contributed by atoms with E-state index in [9.17, 15) is 19.7 Å². The van der Waals surface area contributed by atoms with Crippen LogP contribution in [0, 0.1) is 17.0 Å². The number of carbonyl (C=O) groups excluding carboxylic acids is 2. The number of urea groups is 1. The Balaban J connectivity index is 1.41. The highest BCUT2D eigenvalue weighted by Crippen LogP contribution is 2.37. The van der Waals surface area contributed by atoms with Crippen molar-refractivity contribution in [2.24, 2.45) is 0 Å². The SMILES string of the molecule is Cc1csc(Sc2ccc(C(=O)N3CCN(C(=O)N4CCCCC4)CC3)cc2[N+](=O)[O-])n1. The Morgan fingerprint density at radius 1 is 1.03 bits per heavy atom. The number of piperazine rings is 1. The van der Waals surface area contributed by atoms with Crippen molar-refractivity contribution in [3.8, 4) is 0 Å². The average molecular weight is 476 g/mol. The van der Waals surface area contributed by atoms with Gasteiger partial charge in [-0.1, -0.05) is 11.8 Å². The number of benzene rings is 1. The van der Waals surface area contributed by atoms with Crippen molar-refractivity contribution in [3.63, 3.8) is 0 Å². The number of thiazole rings is 1. The predicted molar refractivity (Wildman–Crippen MR) is 122 cm³/mol. The monoisotopic (exact) mass is 475 g/mol. The standard InChI is InChI=1S/C21H25N5O4S2/c1-15-14-31-20(22-15)32-18-6-5-16(13-17(18)26(29)30)19(27)23-9-11-25(12-10-23)21(28)24-7-3-2-4-8-24/h5-6,13-14H,2-4,7-12H2,1H3. The summed E-state index contributed by atoms with van der Waals surface area (Å²) in [6.07, 6.45) is 3.25. The van der Waals surface area contributed by atoms with Gasteiger partial charge in [-0.3, -0.25) is 14.9 Å². The Kier molecular flexibility index (Phi) is 6.95. The van der Waals surface area contributed by atoms with E-state index in [1.165, 1.54) is 35.6 Å². The van der Waals surface area contributed by atoms with Crippen LogP contribution in [0.25, 0.3) is 0 Å². The molecule has 1 aromatic heterocycles. The van der Waals surface area contributed by atoms with E-state index in [-0.39, 0.29) is 23.2 Å². The van der Waals surface area contributed by atoms with Crippen LogP contribution in [0.1, 0.15) is 35.3 Å². The second-order valence-electron chi connectivity index (χ2n) is 7.91. The quantitative estimate of drug-likeness (QED) is 0.492. The van der Waals surface area contributed by atoms with Gasteiger partial charge in [0, 0.05) is 62.0 Å². The van der Waals surface area contributed by atoms with Gasteiger partial charge in [0.2, 0.25) is 0 Å². The van der Waals surface area contributed by atoms with Crippen molar-refractivity contribution >= 4 is 40.7 Å². The maximum Gasteiger partial charge on any atom is 0.320 e. The summed E-state index contributed by atoms with van der Waals surface area (Å²) in [5.74, 6) is -0.250. The van der Waals surface area contributed by atoms with Gasteiger partial charge >= 0.3 is 6.03 Å². The summed E-state index contributed by atoms with van der Waals surface area (Å²) < 4.78 is 0.721. The third-order valence-corrected chi connectivity index (χ3v) is 7.78. The van der Waals surface area contributed by atoms with Gasteiger partial charge in [-0.05, 0) is 38.3 Å². The molecule has 2 aromatic rings. The van der Waals surface area contributed by atoms with E-state index in [1.807, 2.05) is 17.2 Å². The van der Waals surface area contributed by atoms with Crippen molar-refractivity contribution in [2.45, 2.75) is 35.4 Å².